The van der Waals surface area contributed by atoms with Crippen molar-refractivity contribution in [3.8, 4) is 0 Å². The first-order valence-corrected chi connectivity index (χ1v) is 26.3. The maximum Gasteiger partial charge on any atom is 0.246 e. The molecule has 2 aliphatic heterocycles. The first-order chi connectivity index (χ1) is 33.8. The molecule has 2 aliphatic rings. The van der Waals surface area contributed by atoms with Crippen molar-refractivity contribution in [1.82, 2.24) is 47.0 Å². The van der Waals surface area contributed by atoms with E-state index in [0.717, 1.165) is 4.88 Å². The number of amides is 9. The molecule has 2 fully saturated rings. The number of carbonyl (C=O) groups is 9. The van der Waals surface area contributed by atoms with Gasteiger partial charge in [0.05, 0.1) is 6.42 Å². The van der Waals surface area contributed by atoms with E-state index >= 15 is 0 Å². The van der Waals surface area contributed by atoms with E-state index in [1.807, 2.05) is 19.2 Å². The molecule has 3 heterocycles. The van der Waals surface area contributed by atoms with Crippen molar-refractivity contribution in [2.75, 3.05) is 37.7 Å². The molecule has 1 aromatic heterocycles. The number of carbonyl (C=O) groups excluding carboxylic acids is 9. The molecule has 390 valence electrons. The Morgan fingerprint density at radius 2 is 1.54 bits per heavy atom. The lowest BCUT2D eigenvalue weighted by atomic mass is 10.0. The van der Waals surface area contributed by atoms with E-state index in [1.54, 1.807) is 55.1 Å². The molecule has 7 atom stereocenters. The van der Waals surface area contributed by atoms with Crippen LogP contribution in [0.3, 0.4) is 0 Å². The van der Waals surface area contributed by atoms with Gasteiger partial charge in [0.2, 0.25) is 53.2 Å². The van der Waals surface area contributed by atoms with Crippen LogP contribution >= 0.6 is 34.7 Å². The van der Waals surface area contributed by atoms with E-state index in [2.05, 4.69) is 37.2 Å². The molecule has 0 saturated carbocycles. The molecule has 0 aliphatic carbocycles. The van der Waals surface area contributed by atoms with E-state index in [0.29, 0.717) is 42.3 Å². The van der Waals surface area contributed by atoms with Crippen molar-refractivity contribution in [2.45, 2.75) is 128 Å². The lowest BCUT2D eigenvalue weighted by Crippen LogP contribution is -2.61. The van der Waals surface area contributed by atoms with Crippen molar-refractivity contribution in [3.63, 3.8) is 0 Å². The summed E-state index contributed by atoms with van der Waals surface area (Å²) in [5, 5.41) is 28.9. The van der Waals surface area contributed by atoms with Crippen LogP contribution in [0.4, 0.5) is 0 Å². The summed E-state index contributed by atoms with van der Waals surface area (Å²) < 4.78 is 0. The summed E-state index contributed by atoms with van der Waals surface area (Å²) >= 11 is 8.72. The Kier molecular flexibility index (Phi) is 23.4. The molecule has 0 bridgehead atoms. The predicted octanol–water partition coefficient (Wildman–Crippen LogP) is 0.277. The molecule has 24 heteroatoms. The Morgan fingerprint density at radius 1 is 0.873 bits per heavy atom. The minimum Gasteiger partial charge on any atom is -0.370 e. The Morgan fingerprint density at radius 3 is 2.17 bits per heavy atom. The molecule has 4 rings (SSSR count). The summed E-state index contributed by atoms with van der Waals surface area (Å²) in [6, 6.07) is 1.79. The molecular weight excluding hydrogens is 976 g/mol. The fourth-order valence-corrected chi connectivity index (χ4v) is 10.1. The standard InChI is InChI=1S/C47H69ClN12O9S2/c1-5-59(6-2)45(68)31(12-7-19-52-47(50)51)54-43(66)36-13-8-20-60(36)46(69)35-26-70-21-10-14-38(62)53-32(23-28-15-17-29(48)18-16-28)40(63)55-33(24-30-11-9-22-71-30)42(65)58-39(27(3)4)44(67)56-34(25-37(49)61)41(64)57-35/h9,11,15-18,22,27,31-36,39H,5-8,10,12-14,19-21,23-26H2,1-4H3,(H2,49,61)(H,53,62)(H,54,66)(H,55,63)(H,56,67)(H,57,64)(H,58,65)(H4,50,51,52)/t31-,32+,33+,34+,35+,36+,39+/m1/s1. The van der Waals surface area contributed by atoms with Gasteiger partial charge < -0.3 is 58.5 Å². The normalized spacial score (nSPS) is 22.5. The molecule has 21 nitrogen and oxygen atoms in total. The van der Waals surface area contributed by atoms with Crippen LogP contribution in [-0.4, -0.2) is 149 Å². The van der Waals surface area contributed by atoms with Crippen molar-refractivity contribution in [3.05, 3.63) is 57.2 Å². The number of thioether (sulfide) groups is 1. The number of likely N-dealkylation sites (tertiary alicyclic amines) is 1. The minimum atomic E-state index is -1.61. The van der Waals surface area contributed by atoms with Gasteiger partial charge in [-0.25, -0.2) is 0 Å². The third-order valence-electron chi connectivity index (χ3n) is 12.0. The average Bonchev–Trinajstić information content (AvgIpc) is 4.04. The van der Waals surface area contributed by atoms with Crippen LogP contribution in [0.15, 0.2) is 41.8 Å². The molecule has 0 spiro atoms. The summed E-state index contributed by atoms with van der Waals surface area (Å²) in [4.78, 5) is 129. The lowest BCUT2D eigenvalue weighted by molar-refractivity contribution is -0.143. The monoisotopic (exact) mass is 1040 g/mol. The molecule has 0 radical (unpaired) electrons. The molecule has 0 unspecified atom stereocenters. The van der Waals surface area contributed by atoms with E-state index in [-0.39, 0.29) is 69.2 Å². The second-order valence-corrected chi connectivity index (χ2v) is 20.4. The van der Waals surface area contributed by atoms with Crippen LogP contribution < -0.4 is 48.7 Å². The van der Waals surface area contributed by atoms with Gasteiger partial charge in [-0.05, 0) is 86.8 Å². The second-order valence-electron chi connectivity index (χ2n) is 17.7. The van der Waals surface area contributed by atoms with Gasteiger partial charge in [0, 0.05) is 61.1 Å². The summed E-state index contributed by atoms with van der Waals surface area (Å²) in [5.41, 5.74) is 11.7. The highest BCUT2D eigenvalue weighted by molar-refractivity contribution is 7.99. The van der Waals surface area contributed by atoms with Crippen LogP contribution in [0.25, 0.3) is 0 Å². The third kappa shape index (κ3) is 18.3. The largest absolute Gasteiger partial charge is 0.370 e. The van der Waals surface area contributed by atoms with Crippen molar-refractivity contribution < 1.29 is 43.2 Å². The van der Waals surface area contributed by atoms with Crippen molar-refractivity contribution >= 4 is 93.8 Å². The molecule has 2 aromatic rings. The SMILES string of the molecule is CCN(CC)C(=O)[C@@H](CCCNC(=N)N)NC(=O)[C@@H]1CCCN1C(=O)[C@@H]1CSCCCC(=O)N[C@@H](Cc2ccc(Cl)cc2)C(=O)N[C@@H](Cc2cccs2)C(=O)N[C@@H](C(C)C)C(=O)N[C@@H](CC(N)=O)C(=O)N1. The van der Waals surface area contributed by atoms with Crippen LogP contribution in [-0.2, 0) is 56.0 Å². The lowest BCUT2D eigenvalue weighted by Gasteiger charge is -2.32. The number of hydrogen-bond donors (Lipinski definition) is 10. The van der Waals surface area contributed by atoms with E-state index in [1.165, 1.54) is 28.0 Å². The van der Waals surface area contributed by atoms with Crippen LogP contribution in [0, 0.1) is 11.3 Å². The zero-order valence-corrected chi connectivity index (χ0v) is 43.1. The number of thiophene rings is 1. The Balaban J connectivity index is 1.65. The van der Waals surface area contributed by atoms with Gasteiger partial charge in [0.15, 0.2) is 5.96 Å². The number of benzene rings is 1. The van der Waals surface area contributed by atoms with Gasteiger partial charge in [-0.15, -0.1) is 11.3 Å². The van der Waals surface area contributed by atoms with E-state index in [9.17, 15) is 43.2 Å². The number of hydrogen-bond acceptors (Lipinski definition) is 12. The van der Waals surface area contributed by atoms with Gasteiger partial charge in [0.25, 0.3) is 0 Å². The van der Waals surface area contributed by atoms with Gasteiger partial charge in [-0.2, -0.15) is 11.8 Å². The number of nitrogens with one attached hydrogen (secondary N) is 8. The van der Waals surface area contributed by atoms with Crippen molar-refractivity contribution in [1.29, 1.82) is 5.41 Å². The summed E-state index contributed by atoms with van der Waals surface area (Å²) in [5.74, 6) is -6.67. The number of primary amides is 1. The van der Waals surface area contributed by atoms with Gasteiger partial charge >= 0.3 is 0 Å². The Labute approximate surface area is 427 Å². The summed E-state index contributed by atoms with van der Waals surface area (Å²) in [7, 11) is 0. The maximum absolute atomic E-state index is 14.6. The fraction of sp³-hybridized carbons (Fsp3) is 0.574. The molecular formula is C47H69ClN12O9S2. The zero-order chi connectivity index (χ0) is 52.2. The van der Waals surface area contributed by atoms with Crippen LogP contribution in [0.2, 0.25) is 5.02 Å². The minimum absolute atomic E-state index is 0.0309. The third-order valence-corrected chi connectivity index (χ3v) is 14.3. The second kappa shape index (κ2) is 28.8. The predicted molar refractivity (Wildman–Crippen MR) is 272 cm³/mol. The van der Waals surface area contributed by atoms with E-state index < -0.39 is 102 Å². The first kappa shape index (κ1) is 57.6. The van der Waals surface area contributed by atoms with Gasteiger partial charge in [-0.3, -0.25) is 48.6 Å². The topological polar surface area (TPSA) is 320 Å². The Bertz CT molecular complexity index is 2180. The summed E-state index contributed by atoms with van der Waals surface area (Å²) in [6.07, 6.45) is 0.956. The molecule has 2 saturated heterocycles. The number of halogens is 1. The number of nitrogens with two attached hydrogens (primary N) is 2. The maximum atomic E-state index is 14.6. The first-order valence-electron chi connectivity index (χ1n) is 23.9. The molecule has 9 amide bonds. The molecule has 12 N–H and O–H groups in total. The number of guanidine groups is 1. The summed E-state index contributed by atoms with van der Waals surface area (Å²) in [6.45, 7) is 8.16. The van der Waals surface area contributed by atoms with Crippen LogP contribution in [0.5, 0.6) is 0 Å². The number of likely N-dealkylation sites (N-methyl/N-ethyl adjacent to an activating group) is 1. The van der Waals surface area contributed by atoms with E-state index in [4.69, 9.17) is 28.5 Å². The zero-order valence-electron chi connectivity index (χ0n) is 40.7. The highest BCUT2D eigenvalue weighted by atomic mass is 35.5. The van der Waals surface area contributed by atoms with Crippen molar-refractivity contribution in [2.24, 2.45) is 17.4 Å². The highest BCUT2D eigenvalue weighted by Crippen LogP contribution is 2.22. The van der Waals surface area contributed by atoms with Gasteiger partial charge in [-0.1, -0.05) is 43.6 Å². The smallest absolute Gasteiger partial charge is 0.246 e. The number of rotatable bonds is 17. The number of nitrogens with zero attached hydrogens (tertiary/aromatic N) is 2. The van der Waals surface area contributed by atoms with Crippen LogP contribution in [0.1, 0.15) is 83.1 Å². The average molecular weight is 1050 g/mol. The fourth-order valence-electron chi connectivity index (χ4n) is 8.20. The van der Waals surface area contributed by atoms with Gasteiger partial charge in [0.1, 0.15) is 42.3 Å². The molecule has 1 aromatic carbocycles. The highest BCUT2D eigenvalue weighted by Gasteiger charge is 2.41. The molecule has 71 heavy (non-hydrogen) atoms. The Hall–Kier alpha value is -5.94. The quantitative estimate of drug-likeness (QED) is 0.0581.